The fraction of sp³-hybridized carbons (Fsp3) is 0.571. The van der Waals surface area contributed by atoms with Crippen LogP contribution in [0.2, 0.25) is 0 Å². The van der Waals surface area contributed by atoms with Gasteiger partial charge in [0.1, 0.15) is 12.4 Å². The molecule has 1 aromatic heterocycles. The number of rotatable bonds is 6. The first-order valence-corrected chi connectivity index (χ1v) is 6.59. The normalized spacial score (nSPS) is 22.8. The van der Waals surface area contributed by atoms with E-state index in [9.17, 15) is 9.90 Å². The van der Waals surface area contributed by atoms with Gasteiger partial charge in [-0.05, 0) is 30.4 Å². The Morgan fingerprint density at radius 1 is 1.50 bits per heavy atom. The smallest absolute Gasteiger partial charge is 0.246 e. The van der Waals surface area contributed by atoms with Crippen molar-refractivity contribution >= 4 is 5.91 Å². The molecule has 0 bridgehead atoms. The van der Waals surface area contributed by atoms with E-state index in [4.69, 9.17) is 9.47 Å². The Morgan fingerprint density at radius 3 is 2.85 bits per heavy atom. The summed E-state index contributed by atoms with van der Waals surface area (Å²) in [5.74, 6) is 0.676. The number of amides is 1. The number of carbonyl (C=O) groups excluding carboxylic acids is 1. The second kappa shape index (κ2) is 6.67. The van der Waals surface area contributed by atoms with Crippen LogP contribution in [0.25, 0.3) is 0 Å². The summed E-state index contributed by atoms with van der Waals surface area (Å²) < 4.78 is 10.00. The van der Waals surface area contributed by atoms with E-state index in [1.165, 1.54) is 7.11 Å². The van der Waals surface area contributed by atoms with Gasteiger partial charge in [0.05, 0.1) is 25.5 Å². The first-order valence-electron chi connectivity index (χ1n) is 6.59. The highest BCUT2D eigenvalue weighted by molar-refractivity contribution is 5.77. The van der Waals surface area contributed by atoms with Crippen molar-refractivity contribution in [1.29, 1.82) is 0 Å². The van der Waals surface area contributed by atoms with Gasteiger partial charge in [-0.25, -0.2) is 0 Å². The number of hydrogen-bond acceptors (Lipinski definition) is 5. The van der Waals surface area contributed by atoms with Crippen molar-refractivity contribution < 1.29 is 19.4 Å². The molecule has 110 valence electrons. The lowest BCUT2D eigenvalue weighted by Crippen LogP contribution is -2.42. The molecule has 1 heterocycles. The van der Waals surface area contributed by atoms with Crippen molar-refractivity contribution in [2.24, 2.45) is 5.92 Å². The number of aliphatic hydroxyl groups excluding tert-OH is 1. The number of nitrogens with one attached hydrogen (secondary N) is 1. The monoisotopic (exact) mass is 280 g/mol. The topological polar surface area (TPSA) is 80.7 Å². The molecule has 6 heteroatoms. The van der Waals surface area contributed by atoms with Gasteiger partial charge in [0.25, 0.3) is 0 Å². The molecule has 20 heavy (non-hydrogen) atoms. The molecule has 0 unspecified atom stereocenters. The molecule has 1 aliphatic rings. The highest BCUT2D eigenvalue weighted by atomic mass is 16.5. The van der Waals surface area contributed by atoms with Crippen LogP contribution in [0, 0.1) is 5.92 Å². The van der Waals surface area contributed by atoms with E-state index in [0.29, 0.717) is 18.6 Å². The summed E-state index contributed by atoms with van der Waals surface area (Å²) in [7, 11) is 3.06. The van der Waals surface area contributed by atoms with Gasteiger partial charge in [0.2, 0.25) is 5.91 Å². The lowest BCUT2D eigenvalue weighted by atomic mass is 9.75. The molecule has 2 N–H and O–H groups in total. The minimum absolute atomic E-state index is 0.0170. The number of hydrogen-bond donors (Lipinski definition) is 2. The molecule has 1 aromatic rings. The Balaban J connectivity index is 2.14. The van der Waals surface area contributed by atoms with Gasteiger partial charge in [-0.3, -0.25) is 9.78 Å². The third-order valence-electron chi connectivity index (χ3n) is 3.54. The second-order valence-corrected chi connectivity index (χ2v) is 5.02. The Hall–Kier alpha value is -1.66. The Bertz CT molecular complexity index is 460. The number of ether oxygens (including phenoxy) is 2. The summed E-state index contributed by atoms with van der Waals surface area (Å²) in [6.07, 6.45) is 4.41. The second-order valence-electron chi connectivity index (χ2n) is 5.02. The summed E-state index contributed by atoms with van der Waals surface area (Å²) in [6.45, 7) is 0.0170. The third-order valence-corrected chi connectivity index (χ3v) is 3.54. The molecule has 0 aliphatic heterocycles. The van der Waals surface area contributed by atoms with E-state index < -0.39 is 0 Å². The molecule has 1 saturated carbocycles. The molecule has 0 saturated heterocycles. The van der Waals surface area contributed by atoms with Crippen molar-refractivity contribution in [2.45, 2.75) is 25.0 Å². The van der Waals surface area contributed by atoms with Crippen molar-refractivity contribution in [3.05, 3.63) is 24.0 Å². The number of methoxy groups -OCH3 is 2. The molecular formula is C14H20N2O4. The van der Waals surface area contributed by atoms with Crippen molar-refractivity contribution in [2.75, 3.05) is 20.8 Å². The largest absolute Gasteiger partial charge is 0.495 e. The quantitative estimate of drug-likeness (QED) is 0.800. The zero-order valence-corrected chi connectivity index (χ0v) is 11.7. The van der Waals surface area contributed by atoms with E-state index in [1.807, 2.05) is 6.07 Å². The average Bonchev–Trinajstić information content (AvgIpc) is 2.42. The molecule has 2 rings (SSSR count). The zero-order valence-electron chi connectivity index (χ0n) is 11.7. The Kier molecular flexibility index (Phi) is 4.92. The molecule has 0 spiro atoms. The molecular weight excluding hydrogens is 260 g/mol. The zero-order chi connectivity index (χ0) is 14.5. The van der Waals surface area contributed by atoms with Crippen molar-refractivity contribution in [3.63, 3.8) is 0 Å². The summed E-state index contributed by atoms with van der Waals surface area (Å²) in [5, 5.41) is 12.4. The predicted molar refractivity (Wildman–Crippen MR) is 72.3 cm³/mol. The van der Waals surface area contributed by atoms with Crippen LogP contribution in [0.5, 0.6) is 5.75 Å². The molecule has 0 radical (unpaired) electrons. The third kappa shape index (κ3) is 3.46. The van der Waals surface area contributed by atoms with Gasteiger partial charge in [-0.15, -0.1) is 0 Å². The van der Waals surface area contributed by atoms with Gasteiger partial charge in [-0.1, -0.05) is 0 Å². The number of aromatic nitrogens is 1. The van der Waals surface area contributed by atoms with Gasteiger partial charge in [0.15, 0.2) is 0 Å². The molecule has 0 aromatic carbocycles. The molecule has 1 atom stereocenters. The first-order chi connectivity index (χ1) is 9.63. The van der Waals surface area contributed by atoms with Crippen LogP contribution in [0.15, 0.2) is 18.5 Å². The Labute approximate surface area is 118 Å². The van der Waals surface area contributed by atoms with E-state index in [2.05, 4.69) is 10.3 Å². The molecule has 1 fully saturated rings. The Morgan fingerprint density at radius 2 is 2.25 bits per heavy atom. The van der Waals surface area contributed by atoms with Crippen LogP contribution < -0.4 is 10.1 Å². The predicted octanol–water partition coefficient (Wildman–Crippen LogP) is 0.665. The van der Waals surface area contributed by atoms with Gasteiger partial charge in [-0.2, -0.15) is 0 Å². The average molecular weight is 280 g/mol. The minimum Gasteiger partial charge on any atom is -0.495 e. The fourth-order valence-corrected chi connectivity index (χ4v) is 2.44. The van der Waals surface area contributed by atoms with Crippen LogP contribution in [0.1, 0.15) is 24.4 Å². The highest BCUT2D eigenvalue weighted by Gasteiger charge is 2.35. The van der Waals surface area contributed by atoms with E-state index in [0.717, 1.165) is 5.56 Å². The summed E-state index contributed by atoms with van der Waals surface area (Å²) >= 11 is 0. The minimum atomic E-state index is -0.277. The van der Waals surface area contributed by atoms with Gasteiger partial charge >= 0.3 is 0 Å². The SMILES string of the molecule is COCC(=O)N[C@@H](c1cncc(OC)c1)C1CC(O)C1. The van der Waals surface area contributed by atoms with Crippen molar-refractivity contribution in [3.8, 4) is 5.75 Å². The maximum atomic E-state index is 11.8. The standard InChI is InChI=1S/C14H20N2O4/c1-19-8-13(18)16-14(9-3-11(17)4-9)10-5-12(20-2)7-15-6-10/h5-7,9,11,14,17H,3-4,8H2,1-2H3,(H,16,18)/t9?,11?,14-/m1/s1. The van der Waals surface area contributed by atoms with Crippen LogP contribution in [0.3, 0.4) is 0 Å². The van der Waals surface area contributed by atoms with Crippen LogP contribution in [-0.2, 0) is 9.53 Å². The number of nitrogens with zero attached hydrogens (tertiary/aromatic N) is 1. The van der Waals surface area contributed by atoms with E-state index >= 15 is 0 Å². The summed E-state index contributed by atoms with van der Waals surface area (Å²) in [4.78, 5) is 15.9. The van der Waals surface area contributed by atoms with Crippen LogP contribution in [0.4, 0.5) is 0 Å². The number of carbonyl (C=O) groups is 1. The highest BCUT2D eigenvalue weighted by Crippen LogP contribution is 2.38. The maximum absolute atomic E-state index is 11.8. The number of aliphatic hydroxyl groups is 1. The van der Waals surface area contributed by atoms with E-state index in [-0.39, 0.29) is 30.6 Å². The first kappa shape index (κ1) is 14.7. The van der Waals surface area contributed by atoms with Crippen LogP contribution >= 0.6 is 0 Å². The fourth-order valence-electron chi connectivity index (χ4n) is 2.44. The lowest BCUT2D eigenvalue weighted by molar-refractivity contribution is -0.126. The molecule has 1 amide bonds. The lowest BCUT2D eigenvalue weighted by Gasteiger charge is -2.38. The van der Waals surface area contributed by atoms with Crippen molar-refractivity contribution in [1.82, 2.24) is 10.3 Å². The van der Waals surface area contributed by atoms with Gasteiger partial charge in [0, 0.05) is 13.3 Å². The molecule has 1 aliphatic carbocycles. The van der Waals surface area contributed by atoms with Crippen LogP contribution in [-0.4, -0.2) is 42.9 Å². The summed E-state index contributed by atoms with van der Waals surface area (Å²) in [5.41, 5.74) is 0.880. The maximum Gasteiger partial charge on any atom is 0.246 e. The number of pyridine rings is 1. The summed E-state index contributed by atoms with van der Waals surface area (Å²) in [6, 6.07) is 1.68. The van der Waals surface area contributed by atoms with E-state index in [1.54, 1.807) is 19.5 Å². The molecule has 6 nitrogen and oxygen atoms in total. The van der Waals surface area contributed by atoms with Gasteiger partial charge < -0.3 is 19.9 Å².